The zero-order valence-corrected chi connectivity index (χ0v) is 21.9. The third-order valence-electron chi connectivity index (χ3n) is 5.13. The average Bonchev–Trinajstić information content (AvgIpc) is 2.81. The van der Waals surface area contributed by atoms with Gasteiger partial charge in [0.1, 0.15) is 6.54 Å². The molecule has 0 bridgehead atoms. The molecular weight excluding hydrogens is 494 g/mol. The van der Waals surface area contributed by atoms with Gasteiger partial charge in [0.15, 0.2) is 0 Å². The minimum absolute atomic E-state index is 0.273. The number of nitrogens with zero attached hydrogens (tertiary/aromatic N) is 6. The Hall–Kier alpha value is -4.24. The highest BCUT2D eigenvalue weighted by Gasteiger charge is 2.23. The Bertz CT molecular complexity index is 896. The number of likely N-dealkylation sites (N-methyl/N-ethyl adjacent to an activating group) is 6. The zero-order chi connectivity index (χ0) is 28.9. The van der Waals surface area contributed by atoms with E-state index in [1.165, 1.54) is 42.3 Å². The quantitative estimate of drug-likeness (QED) is 0.197. The molecule has 0 atom stereocenters. The van der Waals surface area contributed by atoms with Gasteiger partial charge in [-0.1, -0.05) is 0 Å². The van der Waals surface area contributed by atoms with E-state index in [0.29, 0.717) is 6.41 Å². The fraction of sp³-hybridized carbons (Fsp3) is 0.619. The lowest BCUT2D eigenvalue weighted by Gasteiger charge is -2.26. The number of carbonyl (C=O) groups is 8. The van der Waals surface area contributed by atoms with E-state index in [-0.39, 0.29) is 39.3 Å². The van der Waals surface area contributed by atoms with Crippen molar-refractivity contribution < 1.29 is 43.5 Å². The van der Waals surface area contributed by atoms with E-state index in [0.717, 1.165) is 29.4 Å². The summed E-state index contributed by atoms with van der Waals surface area (Å²) in [5, 5.41) is 10.9. The third-order valence-corrected chi connectivity index (χ3v) is 5.13. The zero-order valence-electron chi connectivity index (χ0n) is 21.9. The molecule has 0 aliphatic heterocycles. The minimum Gasteiger partial charge on any atom is -0.480 e. The molecule has 0 aliphatic rings. The van der Waals surface area contributed by atoms with Gasteiger partial charge >= 0.3 is 5.97 Å². The molecule has 0 spiro atoms. The van der Waals surface area contributed by atoms with Crippen molar-refractivity contribution in [2.45, 2.75) is 0 Å². The van der Waals surface area contributed by atoms with Crippen LogP contribution in [0.3, 0.4) is 0 Å². The highest BCUT2D eigenvalue weighted by molar-refractivity contribution is 5.92. The summed E-state index contributed by atoms with van der Waals surface area (Å²) in [5.41, 5.74) is 0. The van der Waals surface area contributed by atoms with Gasteiger partial charge in [-0.2, -0.15) is 0 Å². The summed E-state index contributed by atoms with van der Waals surface area (Å²) in [4.78, 5) is 101. The van der Waals surface area contributed by atoms with Crippen LogP contribution < -0.4 is 5.32 Å². The molecule has 7 amide bonds. The van der Waals surface area contributed by atoms with Gasteiger partial charge in [-0.3, -0.25) is 38.4 Å². The third kappa shape index (κ3) is 12.3. The Kier molecular flexibility index (Phi) is 13.9. The van der Waals surface area contributed by atoms with E-state index < -0.39 is 48.0 Å². The van der Waals surface area contributed by atoms with E-state index in [1.54, 1.807) is 0 Å². The number of amides is 7. The number of carboxylic acids is 1. The molecule has 0 aromatic carbocycles. The van der Waals surface area contributed by atoms with Gasteiger partial charge in [-0.15, -0.1) is 0 Å². The summed E-state index contributed by atoms with van der Waals surface area (Å²) < 4.78 is 0. The fourth-order valence-corrected chi connectivity index (χ4v) is 2.61. The average molecular weight is 530 g/mol. The SMILES string of the molecule is CN(CC(=O)O)C(=O)CN(C)C(=O)CN(C)C(=O)CN(C)C(=O)CN(C)C(=O)CN(C)C(=O)CNC=O. The van der Waals surface area contributed by atoms with Gasteiger partial charge < -0.3 is 39.8 Å². The monoisotopic (exact) mass is 529 g/mol. The number of nitrogens with one attached hydrogen (secondary N) is 1. The lowest BCUT2D eigenvalue weighted by atomic mass is 10.3. The second-order valence-electron chi connectivity index (χ2n) is 8.39. The number of carbonyl (C=O) groups excluding carboxylic acids is 7. The van der Waals surface area contributed by atoms with Crippen molar-refractivity contribution in [1.82, 2.24) is 34.7 Å². The summed E-state index contributed by atoms with van der Waals surface area (Å²) in [5.74, 6) is -4.54. The first-order valence-corrected chi connectivity index (χ1v) is 10.9. The van der Waals surface area contributed by atoms with Crippen LogP contribution in [0.25, 0.3) is 0 Å². The molecular formula is C21H35N7O9. The van der Waals surface area contributed by atoms with Crippen molar-refractivity contribution in [2.24, 2.45) is 0 Å². The van der Waals surface area contributed by atoms with Gasteiger partial charge in [-0.05, 0) is 0 Å². The number of aliphatic carboxylic acids is 1. The summed E-state index contributed by atoms with van der Waals surface area (Å²) >= 11 is 0. The second-order valence-corrected chi connectivity index (χ2v) is 8.39. The Balaban J connectivity index is 4.69. The predicted molar refractivity (Wildman–Crippen MR) is 128 cm³/mol. The van der Waals surface area contributed by atoms with Crippen molar-refractivity contribution in [1.29, 1.82) is 0 Å². The van der Waals surface area contributed by atoms with Gasteiger partial charge in [0.05, 0.1) is 39.3 Å². The molecule has 0 aromatic heterocycles. The van der Waals surface area contributed by atoms with Gasteiger partial charge in [0.2, 0.25) is 41.9 Å². The second kappa shape index (κ2) is 15.7. The van der Waals surface area contributed by atoms with E-state index in [2.05, 4.69) is 5.32 Å². The highest BCUT2D eigenvalue weighted by Crippen LogP contribution is 1.98. The summed E-state index contributed by atoms with van der Waals surface area (Å²) in [6.45, 7) is -2.63. The molecule has 0 saturated heterocycles. The molecule has 16 nitrogen and oxygen atoms in total. The molecule has 0 saturated carbocycles. The van der Waals surface area contributed by atoms with Crippen LogP contribution in [0.15, 0.2) is 0 Å². The standard InChI is InChI=1S/C21H35N7O9/c1-23(15(30)7-22-14-29)8-16(31)24(2)9-17(32)25(3)10-18(33)26(4)11-19(34)27(5)12-20(35)28(6)13-21(36)37/h14H,7-13H2,1-6H3,(H,22,29)(H,36,37). The van der Waals surface area contributed by atoms with Crippen LogP contribution in [-0.4, -0.2) is 170 Å². The number of rotatable bonds is 15. The Morgan fingerprint density at radius 2 is 0.757 bits per heavy atom. The first kappa shape index (κ1) is 32.8. The normalized spacial score (nSPS) is 10.0. The van der Waals surface area contributed by atoms with Crippen molar-refractivity contribution in [3.8, 4) is 0 Å². The first-order valence-electron chi connectivity index (χ1n) is 10.9. The van der Waals surface area contributed by atoms with Crippen LogP contribution in [0.4, 0.5) is 0 Å². The number of hydrogen-bond acceptors (Lipinski definition) is 8. The predicted octanol–water partition coefficient (Wildman–Crippen LogP) is -4.43. The molecule has 0 unspecified atom stereocenters. The fourth-order valence-electron chi connectivity index (χ4n) is 2.61. The van der Waals surface area contributed by atoms with Gasteiger partial charge in [0.25, 0.3) is 0 Å². The molecule has 0 radical (unpaired) electrons. The van der Waals surface area contributed by atoms with E-state index in [4.69, 9.17) is 5.11 Å². The van der Waals surface area contributed by atoms with Crippen molar-refractivity contribution in [3.63, 3.8) is 0 Å². The maximum absolute atomic E-state index is 12.5. The number of hydrogen-bond donors (Lipinski definition) is 2. The molecule has 0 heterocycles. The van der Waals surface area contributed by atoms with Crippen LogP contribution in [0.5, 0.6) is 0 Å². The smallest absolute Gasteiger partial charge is 0.323 e. The van der Waals surface area contributed by atoms with Gasteiger partial charge in [-0.25, -0.2) is 0 Å². The van der Waals surface area contributed by atoms with Crippen molar-refractivity contribution in [3.05, 3.63) is 0 Å². The molecule has 208 valence electrons. The summed E-state index contributed by atoms with van der Waals surface area (Å²) in [6, 6.07) is 0. The molecule has 16 heteroatoms. The van der Waals surface area contributed by atoms with Crippen LogP contribution in [0, 0.1) is 0 Å². The maximum atomic E-state index is 12.5. The maximum Gasteiger partial charge on any atom is 0.323 e. The van der Waals surface area contributed by atoms with E-state index >= 15 is 0 Å². The largest absolute Gasteiger partial charge is 0.480 e. The molecule has 0 rings (SSSR count). The summed E-state index contributed by atoms with van der Waals surface area (Å²) in [7, 11) is 8.03. The van der Waals surface area contributed by atoms with Crippen LogP contribution in [0.1, 0.15) is 0 Å². The molecule has 37 heavy (non-hydrogen) atoms. The Labute approximate surface area is 214 Å². The number of carboxylic acid groups (broad SMARTS) is 1. The first-order chi connectivity index (χ1) is 17.1. The van der Waals surface area contributed by atoms with E-state index in [1.807, 2.05) is 0 Å². The van der Waals surface area contributed by atoms with Gasteiger partial charge in [0, 0.05) is 42.3 Å². The Morgan fingerprint density at radius 3 is 1.00 bits per heavy atom. The molecule has 2 N–H and O–H groups in total. The van der Waals surface area contributed by atoms with Crippen molar-refractivity contribution >= 4 is 47.8 Å². The lowest BCUT2D eigenvalue weighted by molar-refractivity contribution is -0.146. The topological polar surface area (TPSA) is 188 Å². The van der Waals surface area contributed by atoms with Crippen molar-refractivity contribution in [2.75, 3.05) is 88.1 Å². The highest BCUT2D eigenvalue weighted by atomic mass is 16.4. The lowest BCUT2D eigenvalue weighted by Crippen LogP contribution is -2.48. The van der Waals surface area contributed by atoms with Crippen LogP contribution >= 0.6 is 0 Å². The summed E-state index contributed by atoms with van der Waals surface area (Å²) in [6.07, 6.45) is 0.353. The molecule has 0 fully saturated rings. The molecule has 0 aromatic rings. The van der Waals surface area contributed by atoms with Crippen LogP contribution in [-0.2, 0) is 38.4 Å². The minimum atomic E-state index is -1.20. The van der Waals surface area contributed by atoms with E-state index in [9.17, 15) is 38.4 Å². The molecule has 0 aliphatic carbocycles. The Morgan fingerprint density at radius 1 is 0.514 bits per heavy atom. The van der Waals surface area contributed by atoms with Crippen LogP contribution in [0.2, 0.25) is 0 Å².